The Balaban J connectivity index is 2.00. The number of anilines is 1. The molecule has 0 saturated heterocycles. The van der Waals surface area contributed by atoms with Crippen molar-refractivity contribution in [1.29, 1.82) is 0 Å². The van der Waals surface area contributed by atoms with E-state index in [-0.39, 0.29) is 0 Å². The van der Waals surface area contributed by atoms with Crippen molar-refractivity contribution in [3.8, 4) is 0 Å². The van der Waals surface area contributed by atoms with E-state index in [1.54, 1.807) is 18.0 Å². The van der Waals surface area contributed by atoms with E-state index in [4.69, 9.17) is 0 Å². The van der Waals surface area contributed by atoms with Crippen molar-refractivity contribution >= 4 is 22.7 Å². The van der Waals surface area contributed by atoms with Crippen LogP contribution in [0.15, 0.2) is 29.4 Å². The number of hydrogen-bond donors (Lipinski definition) is 1. The second kappa shape index (κ2) is 3.79. The van der Waals surface area contributed by atoms with Gasteiger partial charge in [0.15, 0.2) is 5.17 Å². The van der Waals surface area contributed by atoms with Crippen LogP contribution in [0, 0.1) is 0 Å². The summed E-state index contributed by atoms with van der Waals surface area (Å²) in [6, 6.07) is 5.79. The Morgan fingerprint density at radius 1 is 1.54 bits per heavy atom. The number of hydrogen-bond acceptors (Lipinski definition) is 4. The van der Waals surface area contributed by atoms with Crippen molar-refractivity contribution in [3.05, 3.63) is 24.4 Å². The van der Waals surface area contributed by atoms with Gasteiger partial charge in [-0.2, -0.15) is 0 Å². The summed E-state index contributed by atoms with van der Waals surface area (Å²) in [5.74, 6) is 0.864. The van der Waals surface area contributed by atoms with E-state index in [0.29, 0.717) is 5.25 Å². The van der Waals surface area contributed by atoms with E-state index < -0.39 is 0 Å². The summed E-state index contributed by atoms with van der Waals surface area (Å²) >= 11 is 1.76. The molecule has 2 rings (SSSR count). The first kappa shape index (κ1) is 8.56. The summed E-state index contributed by atoms with van der Waals surface area (Å²) in [6.45, 7) is 3.07. The molecule has 0 fully saturated rings. The van der Waals surface area contributed by atoms with Crippen molar-refractivity contribution in [1.82, 2.24) is 4.98 Å². The van der Waals surface area contributed by atoms with Crippen molar-refractivity contribution in [2.45, 2.75) is 12.2 Å². The number of pyridine rings is 1. The standard InChI is InChI=1S/C9H11N3S/c1-7-6-11-9(13-7)12-8-4-2-3-5-10-8/h2-5,7H,6H2,1H3,(H,10,11,12)/t7-/m0/s1. The van der Waals surface area contributed by atoms with Gasteiger partial charge in [0, 0.05) is 11.4 Å². The minimum Gasteiger partial charge on any atom is -0.320 e. The normalized spacial score (nSPS) is 21.3. The molecule has 0 bridgehead atoms. The topological polar surface area (TPSA) is 37.3 Å². The first-order valence-electron chi connectivity index (χ1n) is 4.24. The summed E-state index contributed by atoms with van der Waals surface area (Å²) in [6.07, 6.45) is 1.77. The van der Waals surface area contributed by atoms with Crippen LogP contribution in [-0.2, 0) is 0 Å². The number of nitrogens with one attached hydrogen (secondary N) is 1. The van der Waals surface area contributed by atoms with Crippen molar-refractivity contribution in [3.63, 3.8) is 0 Å². The van der Waals surface area contributed by atoms with Crippen LogP contribution >= 0.6 is 11.8 Å². The molecule has 4 heteroatoms. The van der Waals surface area contributed by atoms with Gasteiger partial charge in [-0.05, 0) is 12.1 Å². The molecule has 68 valence electrons. The Morgan fingerprint density at radius 2 is 2.46 bits per heavy atom. The van der Waals surface area contributed by atoms with Crippen LogP contribution in [0.1, 0.15) is 6.92 Å². The molecule has 3 nitrogen and oxygen atoms in total. The lowest BCUT2D eigenvalue weighted by Gasteiger charge is -2.03. The monoisotopic (exact) mass is 193 g/mol. The zero-order chi connectivity index (χ0) is 9.10. The van der Waals surface area contributed by atoms with Crippen molar-refractivity contribution in [2.24, 2.45) is 4.99 Å². The fraction of sp³-hybridized carbons (Fsp3) is 0.333. The number of rotatable bonds is 1. The van der Waals surface area contributed by atoms with Gasteiger partial charge in [0.1, 0.15) is 5.82 Å². The third-order valence-electron chi connectivity index (χ3n) is 1.70. The first-order chi connectivity index (χ1) is 6.34. The zero-order valence-electron chi connectivity index (χ0n) is 7.40. The Labute approximate surface area is 81.7 Å². The predicted octanol–water partition coefficient (Wildman–Crippen LogP) is 1.98. The van der Waals surface area contributed by atoms with E-state index in [2.05, 4.69) is 22.2 Å². The molecule has 1 atom stereocenters. The predicted molar refractivity (Wildman–Crippen MR) is 57.2 cm³/mol. The number of aliphatic imine (C=N–C) groups is 1. The Kier molecular flexibility index (Phi) is 2.49. The fourth-order valence-electron chi connectivity index (χ4n) is 1.09. The molecule has 1 aromatic heterocycles. The van der Waals surface area contributed by atoms with Crippen LogP contribution < -0.4 is 5.32 Å². The molecule has 0 unspecified atom stereocenters. The summed E-state index contributed by atoms with van der Waals surface area (Å²) < 4.78 is 0. The highest BCUT2D eigenvalue weighted by molar-refractivity contribution is 8.15. The minimum atomic E-state index is 0.589. The first-order valence-corrected chi connectivity index (χ1v) is 5.12. The smallest absolute Gasteiger partial charge is 0.162 e. The highest BCUT2D eigenvalue weighted by Crippen LogP contribution is 2.20. The molecule has 1 aliphatic rings. The van der Waals surface area contributed by atoms with Crippen LogP contribution in [0.3, 0.4) is 0 Å². The second-order valence-electron chi connectivity index (χ2n) is 2.91. The van der Waals surface area contributed by atoms with Gasteiger partial charge < -0.3 is 5.32 Å². The lowest BCUT2D eigenvalue weighted by Crippen LogP contribution is -2.06. The van der Waals surface area contributed by atoms with Crippen LogP contribution in [0.2, 0.25) is 0 Å². The van der Waals surface area contributed by atoms with E-state index in [9.17, 15) is 0 Å². The molecule has 2 heterocycles. The van der Waals surface area contributed by atoms with Crippen molar-refractivity contribution in [2.75, 3.05) is 11.9 Å². The van der Waals surface area contributed by atoms with Gasteiger partial charge in [-0.1, -0.05) is 24.8 Å². The third kappa shape index (κ3) is 2.21. The maximum absolute atomic E-state index is 4.34. The Bertz CT molecular complexity index is 310. The van der Waals surface area contributed by atoms with E-state index >= 15 is 0 Å². The molecule has 13 heavy (non-hydrogen) atoms. The number of aromatic nitrogens is 1. The number of amidine groups is 1. The molecule has 0 spiro atoms. The molecule has 0 aromatic carbocycles. The van der Waals surface area contributed by atoms with Gasteiger partial charge in [0.2, 0.25) is 0 Å². The molecular formula is C9H11N3S. The SMILES string of the molecule is C[C@H]1CN=C(Nc2ccccn2)S1. The lowest BCUT2D eigenvalue weighted by molar-refractivity contribution is 0.976. The molecule has 1 N–H and O–H groups in total. The average Bonchev–Trinajstić information content (AvgIpc) is 2.53. The summed E-state index contributed by atoms with van der Waals surface area (Å²) in [5.41, 5.74) is 0. The van der Waals surface area contributed by atoms with E-state index in [1.165, 1.54) is 0 Å². The van der Waals surface area contributed by atoms with Crippen LogP contribution in [-0.4, -0.2) is 21.9 Å². The molecule has 0 amide bonds. The second-order valence-corrected chi connectivity index (χ2v) is 4.34. The number of nitrogens with zero attached hydrogens (tertiary/aromatic N) is 2. The highest BCUT2D eigenvalue weighted by Gasteiger charge is 2.14. The van der Waals surface area contributed by atoms with Gasteiger partial charge in [-0.15, -0.1) is 0 Å². The molecule has 0 aliphatic carbocycles. The fourth-order valence-corrected chi connectivity index (χ4v) is 1.93. The maximum atomic E-state index is 4.34. The van der Waals surface area contributed by atoms with Crippen LogP contribution in [0.5, 0.6) is 0 Å². The molecule has 1 aliphatic heterocycles. The Morgan fingerprint density at radius 3 is 3.08 bits per heavy atom. The highest BCUT2D eigenvalue weighted by atomic mass is 32.2. The largest absolute Gasteiger partial charge is 0.320 e. The van der Waals surface area contributed by atoms with Crippen LogP contribution in [0.4, 0.5) is 5.82 Å². The summed E-state index contributed by atoms with van der Waals surface area (Å²) in [7, 11) is 0. The van der Waals surface area contributed by atoms with Gasteiger partial charge >= 0.3 is 0 Å². The van der Waals surface area contributed by atoms with Gasteiger partial charge in [0.05, 0.1) is 6.54 Å². The van der Waals surface area contributed by atoms with Gasteiger partial charge in [-0.3, -0.25) is 4.99 Å². The van der Waals surface area contributed by atoms with E-state index in [0.717, 1.165) is 17.5 Å². The van der Waals surface area contributed by atoms with Crippen molar-refractivity contribution < 1.29 is 0 Å². The molecule has 0 radical (unpaired) electrons. The van der Waals surface area contributed by atoms with Gasteiger partial charge in [0.25, 0.3) is 0 Å². The minimum absolute atomic E-state index is 0.589. The van der Waals surface area contributed by atoms with Gasteiger partial charge in [-0.25, -0.2) is 4.98 Å². The third-order valence-corrected chi connectivity index (χ3v) is 2.71. The quantitative estimate of drug-likeness (QED) is 0.741. The Hall–Kier alpha value is -1.03. The van der Waals surface area contributed by atoms with Crippen LogP contribution in [0.25, 0.3) is 0 Å². The maximum Gasteiger partial charge on any atom is 0.162 e. The number of thioether (sulfide) groups is 1. The summed E-state index contributed by atoms with van der Waals surface area (Å²) in [4.78, 5) is 8.50. The van der Waals surface area contributed by atoms with E-state index in [1.807, 2.05) is 18.2 Å². The average molecular weight is 193 g/mol. The zero-order valence-corrected chi connectivity index (χ0v) is 8.21. The molecule has 1 aromatic rings. The summed E-state index contributed by atoms with van der Waals surface area (Å²) in [5, 5.41) is 4.74. The lowest BCUT2D eigenvalue weighted by atomic mass is 10.5. The molecule has 0 saturated carbocycles. The molecular weight excluding hydrogens is 182 g/mol.